The fourth-order valence-electron chi connectivity index (χ4n) is 0.507. The molecular formula is C7H12O3. The normalized spacial score (nSPS) is 12.6. The van der Waals surface area contributed by atoms with Gasteiger partial charge in [-0.3, -0.25) is 0 Å². The summed E-state index contributed by atoms with van der Waals surface area (Å²) in [6.07, 6.45) is -0.422. The fraction of sp³-hybridized carbons (Fsp3) is 0.571. The molecule has 0 bridgehead atoms. The SMILES string of the molecule is C=C(C)CC[C@@H](O)C(=O)O. The van der Waals surface area contributed by atoms with Crippen molar-refractivity contribution in [2.75, 3.05) is 0 Å². The van der Waals surface area contributed by atoms with Gasteiger partial charge in [0.15, 0.2) is 6.10 Å². The van der Waals surface area contributed by atoms with Crippen LogP contribution in [0.2, 0.25) is 0 Å². The zero-order valence-corrected chi connectivity index (χ0v) is 6.00. The molecule has 0 aromatic rings. The average molecular weight is 144 g/mol. The van der Waals surface area contributed by atoms with Gasteiger partial charge in [0.2, 0.25) is 0 Å². The topological polar surface area (TPSA) is 57.5 Å². The molecule has 0 fully saturated rings. The van der Waals surface area contributed by atoms with E-state index in [2.05, 4.69) is 6.58 Å². The number of carbonyl (C=O) groups is 1. The lowest BCUT2D eigenvalue weighted by Crippen LogP contribution is -2.18. The molecule has 0 aliphatic carbocycles. The number of hydrogen-bond acceptors (Lipinski definition) is 2. The van der Waals surface area contributed by atoms with Crippen LogP contribution in [0.1, 0.15) is 19.8 Å². The van der Waals surface area contributed by atoms with Gasteiger partial charge in [-0.25, -0.2) is 4.79 Å². The number of rotatable bonds is 4. The quantitative estimate of drug-likeness (QED) is 0.573. The fourth-order valence-corrected chi connectivity index (χ4v) is 0.507. The molecule has 0 spiro atoms. The lowest BCUT2D eigenvalue weighted by atomic mass is 10.1. The van der Waals surface area contributed by atoms with Gasteiger partial charge in [0, 0.05) is 0 Å². The van der Waals surface area contributed by atoms with Crippen molar-refractivity contribution in [1.29, 1.82) is 0 Å². The van der Waals surface area contributed by atoms with Crippen LogP contribution in [-0.2, 0) is 4.79 Å². The highest BCUT2D eigenvalue weighted by Gasteiger charge is 2.11. The molecular weight excluding hydrogens is 132 g/mol. The van der Waals surface area contributed by atoms with Crippen LogP contribution in [0.15, 0.2) is 12.2 Å². The number of allylic oxidation sites excluding steroid dienone is 1. The Morgan fingerprint density at radius 1 is 1.70 bits per heavy atom. The summed E-state index contributed by atoms with van der Waals surface area (Å²) in [5.41, 5.74) is 0.889. The van der Waals surface area contributed by atoms with E-state index in [0.717, 1.165) is 5.57 Å². The first kappa shape index (κ1) is 9.17. The summed E-state index contributed by atoms with van der Waals surface area (Å²) in [7, 11) is 0. The van der Waals surface area contributed by atoms with Gasteiger partial charge in [-0.2, -0.15) is 0 Å². The lowest BCUT2D eigenvalue weighted by molar-refractivity contribution is -0.146. The maximum atomic E-state index is 10.0. The first-order chi connectivity index (χ1) is 4.54. The summed E-state index contributed by atoms with van der Waals surface area (Å²) in [5.74, 6) is -1.17. The predicted octanol–water partition coefficient (Wildman–Crippen LogP) is 0.788. The summed E-state index contributed by atoms with van der Waals surface area (Å²) >= 11 is 0. The molecule has 58 valence electrons. The van der Waals surface area contributed by atoms with Crippen molar-refractivity contribution in [1.82, 2.24) is 0 Å². The number of aliphatic carboxylic acids is 1. The summed E-state index contributed by atoms with van der Waals surface area (Å²) in [6, 6.07) is 0. The van der Waals surface area contributed by atoms with Crippen LogP contribution in [-0.4, -0.2) is 22.3 Å². The molecule has 3 nitrogen and oxygen atoms in total. The van der Waals surface area contributed by atoms with Crippen molar-refractivity contribution >= 4 is 5.97 Å². The molecule has 1 atom stereocenters. The number of carboxylic acids is 1. The van der Waals surface area contributed by atoms with Gasteiger partial charge in [-0.05, 0) is 19.8 Å². The van der Waals surface area contributed by atoms with E-state index >= 15 is 0 Å². The molecule has 10 heavy (non-hydrogen) atoms. The van der Waals surface area contributed by atoms with Crippen LogP contribution in [0.3, 0.4) is 0 Å². The Bertz CT molecular complexity index is 140. The van der Waals surface area contributed by atoms with Crippen molar-refractivity contribution in [3.05, 3.63) is 12.2 Å². The van der Waals surface area contributed by atoms with E-state index < -0.39 is 12.1 Å². The van der Waals surface area contributed by atoms with E-state index in [1.54, 1.807) is 6.92 Å². The van der Waals surface area contributed by atoms with E-state index in [4.69, 9.17) is 10.2 Å². The second kappa shape index (κ2) is 4.06. The van der Waals surface area contributed by atoms with E-state index in [-0.39, 0.29) is 6.42 Å². The third-order valence-electron chi connectivity index (χ3n) is 1.13. The minimum absolute atomic E-state index is 0.255. The van der Waals surface area contributed by atoms with Crippen molar-refractivity contribution in [3.63, 3.8) is 0 Å². The second-order valence-electron chi connectivity index (χ2n) is 2.35. The third kappa shape index (κ3) is 4.09. The molecule has 0 aliphatic rings. The zero-order chi connectivity index (χ0) is 8.15. The molecule has 0 rings (SSSR count). The lowest BCUT2D eigenvalue weighted by Gasteiger charge is -2.03. The molecule has 0 aliphatic heterocycles. The Morgan fingerprint density at radius 2 is 2.20 bits per heavy atom. The number of aliphatic hydroxyl groups is 1. The molecule has 0 amide bonds. The van der Waals surface area contributed by atoms with E-state index in [1.165, 1.54) is 0 Å². The van der Waals surface area contributed by atoms with Crippen molar-refractivity contribution in [2.45, 2.75) is 25.9 Å². The van der Waals surface area contributed by atoms with Gasteiger partial charge in [0.1, 0.15) is 0 Å². The van der Waals surface area contributed by atoms with Crippen LogP contribution >= 0.6 is 0 Å². The number of carboxylic acid groups (broad SMARTS) is 1. The average Bonchev–Trinajstić information content (AvgIpc) is 1.82. The second-order valence-corrected chi connectivity index (χ2v) is 2.35. The highest BCUT2D eigenvalue weighted by molar-refractivity contribution is 5.71. The van der Waals surface area contributed by atoms with Gasteiger partial charge in [0.05, 0.1) is 0 Å². The van der Waals surface area contributed by atoms with Crippen LogP contribution in [0.5, 0.6) is 0 Å². The Morgan fingerprint density at radius 3 is 2.50 bits per heavy atom. The Hall–Kier alpha value is -0.830. The van der Waals surface area contributed by atoms with Crippen molar-refractivity contribution in [3.8, 4) is 0 Å². The summed E-state index contributed by atoms with van der Waals surface area (Å²) in [5, 5.41) is 16.9. The van der Waals surface area contributed by atoms with E-state index in [1.807, 2.05) is 0 Å². The third-order valence-corrected chi connectivity index (χ3v) is 1.13. The molecule has 0 heterocycles. The highest BCUT2D eigenvalue weighted by atomic mass is 16.4. The molecule has 3 heteroatoms. The van der Waals surface area contributed by atoms with Crippen molar-refractivity contribution in [2.24, 2.45) is 0 Å². The summed E-state index contributed by atoms with van der Waals surface area (Å²) in [6.45, 7) is 5.38. The number of hydrogen-bond donors (Lipinski definition) is 2. The molecule has 0 aromatic carbocycles. The maximum Gasteiger partial charge on any atom is 0.332 e. The number of aliphatic hydroxyl groups excluding tert-OH is 1. The van der Waals surface area contributed by atoms with Gasteiger partial charge in [-0.1, -0.05) is 5.57 Å². The van der Waals surface area contributed by atoms with Crippen LogP contribution in [0, 0.1) is 0 Å². The van der Waals surface area contributed by atoms with Crippen LogP contribution in [0.4, 0.5) is 0 Å². The van der Waals surface area contributed by atoms with Gasteiger partial charge in [-0.15, -0.1) is 6.58 Å². The van der Waals surface area contributed by atoms with Gasteiger partial charge >= 0.3 is 5.97 Å². The molecule has 0 saturated carbocycles. The van der Waals surface area contributed by atoms with Crippen LogP contribution in [0.25, 0.3) is 0 Å². The predicted molar refractivity (Wildman–Crippen MR) is 37.7 cm³/mol. The molecule has 0 aromatic heterocycles. The highest BCUT2D eigenvalue weighted by Crippen LogP contribution is 2.03. The smallest absolute Gasteiger partial charge is 0.332 e. The van der Waals surface area contributed by atoms with E-state index in [9.17, 15) is 4.79 Å². The first-order valence-corrected chi connectivity index (χ1v) is 3.09. The Labute approximate surface area is 60.0 Å². The van der Waals surface area contributed by atoms with Crippen molar-refractivity contribution < 1.29 is 15.0 Å². The van der Waals surface area contributed by atoms with Gasteiger partial charge < -0.3 is 10.2 Å². The molecule has 0 saturated heterocycles. The van der Waals surface area contributed by atoms with Gasteiger partial charge in [0.25, 0.3) is 0 Å². The monoisotopic (exact) mass is 144 g/mol. The Balaban J connectivity index is 3.49. The zero-order valence-electron chi connectivity index (χ0n) is 6.00. The summed E-state index contributed by atoms with van der Waals surface area (Å²) in [4.78, 5) is 10.0. The first-order valence-electron chi connectivity index (χ1n) is 3.09. The van der Waals surface area contributed by atoms with E-state index in [0.29, 0.717) is 6.42 Å². The molecule has 0 radical (unpaired) electrons. The maximum absolute atomic E-state index is 10.0. The van der Waals surface area contributed by atoms with Crippen LogP contribution < -0.4 is 0 Å². The standard InChI is InChI=1S/C7H12O3/c1-5(2)3-4-6(8)7(9)10/h6,8H,1,3-4H2,2H3,(H,9,10)/t6-/m1/s1. The summed E-state index contributed by atoms with van der Waals surface area (Å²) < 4.78 is 0. The Kier molecular flexibility index (Phi) is 3.72. The molecule has 2 N–H and O–H groups in total. The minimum atomic E-state index is -1.24. The largest absolute Gasteiger partial charge is 0.479 e. The molecule has 0 unspecified atom stereocenters. The minimum Gasteiger partial charge on any atom is -0.479 e.